The standard InChI is InChI=1S/C12H20N2O4/c1-8(2)11(16)13-10-7-9(14-18-10)12(3,4)17-6-5-15/h7-8,15H,5-6H2,1-4H3,(H,13,16). The van der Waals surface area contributed by atoms with Crippen molar-refractivity contribution in [3.05, 3.63) is 11.8 Å². The van der Waals surface area contributed by atoms with Crippen LogP contribution in [0, 0.1) is 5.92 Å². The first kappa shape index (κ1) is 14.7. The van der Waals surface area contributed by atoms with Gasteiger partial charge in [-0.05, 0) is 13.8 Å². The van der Waals surface area contributed by atoms with Crippen LogP contribution in [0.2, 0.25) is 0 Å². The molecule has 0 spiro atoms. The summed E-state index contributed by atoms with van der Waals surface area (Å²) in [5.74, 6) is 0.0355. The number of anilines is 1. The number of aliphatic hydroxyl groups is 1. The highest BCUT2D eigenvalue weighted by Crippen LogP contribution is 2.25. The lowest BCUT2D eigenvalue weighted by atomic mass is 10.1. The Labute approximate surface area is 106 Å². The zero-order chi connectivity index (χ0) is 13.8. The van der Waals surface area contributed by atoms with Crippen LogP contribution in [0.3, 0.4) is 0 Å². The highest BCUT2D eigenvalue weighted by Gasteiger charge is 2.26. The molecule has 1 rings (SSSR count). The maximum Gasteiger partial charge on any atom is 0.231 e. The summed E-state index contributed by atoms with van der Waals surface area (Å²) in [6.07, 6.45) is 0. The summed E-state index contributed by atoms with van der Waals surface area (Å²) in [5.41, 5.74) is -0.109. The molecule has 0 atom stereocenters. The zero-order valence-electron chi connectivity index (χ0n) is 11.2. The van der Waals surface area contributed by atoms with Crippen LogP contribution in [0.1, 0.15) is 33.4 Å². The molecule has 18 heavy (non-hydrogen) atoms. The summed E-state index contributed by atoms with van der Waals surface area (Å²) in [5, 5.41) is 15.2. The Kier molecular flexibility index (Phi) is 4.86. The first-order chi connectivity index (χ1) is 8.36. The monoisotopic (exact) mass is 256 g/mol. The van der Waals surface area contributed by atoms with E-state index in [1.54, 1.807) is 19.9 Å². The van der Waals surface area contributed by atoms with E-state index in [4.69, 9.17) is 14.4 Å². The van der Waals surface area contributed by atoms with Crippen molar-refractivity contribution in [2.75, 3.05) is 18.5 Å². The minimum absolute atomic E-state index is 0.0573. The third kappa shape index (κ3) is 3.82. The van der Waals surface area contributed by atoms with E-state index in [9.17, 15) is 4.79 Å². The largest absolute Gasteiger partial charge is 0.394 e. The summed E-state index contributed by atoms with van der Waals surface area (Å²) in [6, 6.07) is 1.62. The number of carbonyl (C=O) groups excluding carboxylic acids is 1. The van der Waals surface area contributed by atoms with Gasteiger partial charge in [-0.3, -0.25) is 10.1 Å². The van der Waals surface area contributed by atoms with Crippen LogP contribution in [0.4, 0.5) is 5.88 Å². The third-order valence-electron chi connectivity index (χ3n) is 2.45. The Balaban J connectivity index is 2.70. The minimum Gasteiger partial charge on any atom is -0.394 e. The quantitative estimate of drug-likeness (QED) is 0.806. The number of hydrogen-bond donors (Lipinski definition) is 2. The molecule has 0 saturated heterocycles. The van der Waals surface area contributed by atoms with Crippen molar-refractivity contribution in [1.82, 2.24) is 5.16 Å². The van der Waals surface area contributed by atoms with Gasteiger partial charge in [0.05, 0.1) is 13.2 Å². The first-order valence-corrected chi connectivity index (χ1v) is 5.89. The normalized spacial score (nSPS) is 11.9. The van der Waals surface area contributed by atoms with E-state index < -0.39 is 5.60 Å². The minimum atomic E-state index is -0.674. The maximum absolute atomic E-state index is 11.5. The molecule has 1 aromatic heterocycles. The number of rotatable bonds is 6. The maximum atomic E-state index is 11.5. The van der Waals surface area contributed by atoms with Crippen LogP contribution in [0.25, 0.3) is 0 Å². The molecule has 0 aliphatic rings. The van der Waals surface area contributed by atoms with Crippen molar-refractivity contribution in [2.24, 2.45) is 5.92 Å². The lowest BCUT2D eigenvalue weighted by Gasteiger charge is -2.21. The summed E-state index contributed by atoms with van der Waals surface area (Å²) in [4.78, 5) is 11.5. The predicted octanol–water partition coefficient (Wildman–Crippen LogP) is 1.51. The van der Waals surface area contributed by atoms with Gasteiger partial charge in [-0.15, -0.1) is 0 Å². The average Bonchev–Trinajstić information content (AvgIpc) is 2.75. The molecule has 2 N–H and O–H groups in total. The molecule has 102 valence electrons. The molecule has 6 heteroatoms. The van der Waals surface area contributed by atoms with E-state index in [0.29, 0.717) is 11.6 Å². The van der Waals surface area contributed by atoms with Crippen LogP contribution in [-0.2, 0) is 15.1 Å². The fraction of sp³-hybridized carbons (Fsp3) is 0.667. The van der Waals surface area contributed by atoms with Crippen LogP contribution < -0.4 is 5.32 Å². The topological polar surface area (TPSA) is 84.6 Å². The average molecular weight is 256 g/mol. The molecule has 1 aromatic rings. The van der Waals surface area contributed by atoms with Gasteiger partial charge in [0, 0.05) is 12.0 Å². The highest BCUT2D eigenvalue weighted by atomic mass is 16.5. The van der Waals surface area contributed by atoms with Gasteiger partial charge in [-0.1, -0.05) is 19.0 Å². The van der Waals surface area contributed by atoms with Crippen LogP contribution >= 0.6 is 0 Å². The van der Waals surface area contributed by atoms with Crippen molar-refractivity contribution in [3.8, 4) is 0 Å². The van der Waals surface area contributed by atoms with E-state index in [-0.39, 0.29) is 25.0 Å². The van der Waals surface area contributed by atoms with Crippen LogP contribution in [-0.4, -0.2) is 29.4 Å². The second-order valence-corrected chi connectivity index (χ2v) is 4.80. The lowest BCUT2D eigenvalue weighted by molar-refractivity contribution is -0.119. The molecule has 0 bridgehead atoms. The van der Waals surface area contributed by atoms with Crippen molar-refractivity contribution >= 4 is 11.8 Å². The highest BCUT2D eigenvalue weighted by molar-refractivity contribution is 5.90. The fourth-order valence-corrected chi connectivity index (χ4v) is 1.26. The van der Waals surface area contributed by atoms with E-state index in [2.05, 4.69) is 10.5 Å². The van der Waals surface area contributed by atoms with Gasteiger partial charge in [0.15, 0.2) is 0 Å². The number of carbonyl (C=O) groups is 1. The summed E-state index contributed by atoms with van der Waals surface area (Å²) >= 11 is 0. The molecule has 6 nitrogen and oxygen atoms in total. The van der Waals surface area contributed by atoms with Gasteiger partial charge < -0.3 is 14.4 Å². The van der Waals surface area contributed by atoms with E-state index in [0.717, 1.165) is 0 Å². The van der Waals surface area contributed by atoms with Crippen molar-refractivity contribution in [3.63, 3.8) is 0 Å². The summed E-state index contributed by atoms with van der Waals surface area (Å²) in [7, 11) is 0. The molecule has 0 unspecified atom stereocenters. The fourth-order valence-electron chi connectivity index (χ4n) is 1.26. The summed E-state index contributed by atoms with van der Waals surface area (Å²) < 4.78 is 10.5. The van der Waals surface area contributed by atoms with Gasteiger partial charge in [-0.2, -0.15) is 0 Å². The molecular weight excluding hydrogens is 236 g/mol. The predicted molar refractivity (Wildman–Crippen MR) is 66.0 cm³/mol. The summed E-state index contributed by atoms with van der Waals surface area (Å²) in [6.45, 7) is 7.37. The van der Waals surface area contributed by atoms with Gasteiger partial charge in [-0.25, -0.2) is 0 Å². The second kappa shape index (κ2) is 5.97. The molecule has 0 fully saturated rings. The molecule has 0 radical (unpaired) electrons. The molecule has 0 aromatic carbocycles. The van der Waals surface area contributed by atoms with Gasteiger partial charge in [0.2, 0.25) is 11.8 Å². The Morgan fingerprint density at radius 1 is 1.61 bits per heavy atom. The van der Waals surface area contributed by atoms with Gasteiger partial charge in [0.25, 0.3) is 0 Å². The number of ether oxygens (including phenoxy) is 1. The molecule has 0 saturated carbocycles. The first-order valence-electron chi connectivity index (χ1n) is 5.89. The van der Waals surface area contributed by atoms with Crippen LogP contribution in [0.15, 0.2) is 10.6 Å². The Bertz CT molecular complexity index is 399. The Morgan fingerprint density at radius 3 is 2.83 bits per heavy atom. The molecular formula is C12H20N2O4. The third-order valence-corrected chi connectivity index (χ3v) is 2.45. The molecule has 1 amide bonds. The van der Waals surface area contributed by atoms with Crippen molar-refractivity contribution < 1.29 is 19.2 Å². The van der Waals surface area contributed by atoms with Crippen molar-refractivity contribution in [2.45, 2.75) is 33.3 Å². The SMILES string of the molecule is CC(C)C(=O)Nc1cc(C(C)(C)OCCO)no1. The number of hydrogen-bond acceptors (Lipinski definition) is 5. The molecule has 0 aliphatic carbocycles. The number of aromatic nitrogens is 1. The van der Waals surface area contributed by atoms with Gasteiger partial charge in [0.1, 0.15) is 11.3 Å². The second-order valence-electron chi connectivity index (χ2n) is 4.80. The van der Waals surface area contributed by atoms with E-state index in [1.165, 1.54) is 0 Å². The van der Waals surface area contributed by atoms with E-state index in [1.807, 2.05) is 13.8 Å². The number of amides is 1. The number of nitrogens with zero attached hydrogens (tertiary/aromatic N) is 1. The van der Waals surface area contributed by atoms with Crippen LogP contribution in [0.5, 0.6) is 0 Å². The van der Waals surface area contributed by atoms with E-state index >= 15 is 0 Å². The Morgan fingerprint density at radius 2 is 2.28 bits per heavy atom. The Hall–Kier alpha value is -1.40. The van der Waals surface area contributed by atoms with Gasteiger partial charge >= 0.3 is 0 Å². The number of nitrogens with one attached hydrogen (secondary N) is 1. The molecule has 0 aliphatic heterocycles. The molecule has 1 heterocycles. The lowest BCUT2D eigenvalue weighted by Crippen LogP contribution is -2.23. The zero-order valence-corrected chi connectivity index (χ0v) is 11.2. The number of aliphatic hydroxyl groups excluding tert-OH is 1. The smallest absolute Gasteiger partial charge is 0.231 e. The van der Waals surface area contributed by atoms with Crippen molar-refractivity contribution in [1.29, 1.82) is 0 Å².